The van der Waals surface area contributed by atoms with Gasteiger partial charge >= 0.3 is 0 Å². The summed E-state index contributed by atoms with van der Waals surface area (Å²) < 4.78 is 0. The van der Waals surface area contributed by atoms with E-state index in [2.05, 4.69) is 181 Å². The molecule has 0 radical (unpaired) electrons. The standard InChI is InChI=1S/C78H101N/c1-8-55-22-16-30-61(31-17-23-55)72-52-64(53-73(62-32-18-24-56(9-2)25-19-33-62)76(72)63-34-20-26-57(10-3)27-21-35-63)60-40-48-68(49-41-60)79(67-46-38-59(39-47-67)58-28-12-11-13-29-58)69-50-51-71-70-36-14-15-37-74(70)78(7,75(71)54-69)66-44-42-65(43-45-66)77(4,5)6/h14-15,36-58,61-63H,8-13,16-35H2,1-7H3. The van der Waals surface area contributed by atoms with Crippen LogP contribution in [0.25, 0.3) is 22.3 Å². The third kappa shape index (κ3) is 12.1. The zero-order valence-corrected chi connectivity index (χ0v) is 50.5. The topological polar surface area (TPSA) is 3.24 Å². The maximum atomic E-state index is 2.80. The fraction of sp³-hybridized carbons (Fsp3) is 0.538. The Labute approximate surface area is 481 Å². The largest absolute Gasteiger partial charge is 0.310 e. The number of hydrogen-bond acceptors (Lipinski definition) is 1. The molecule has 11 rings (SSSR count). The van der Waals surface area contributed by atoms with E-state index in [0.29, 0.717) is 23.7 Å². The van der Waals surface area contributed by atoms with Gasteiger partial charge in [0.15, 0.2) is 0 Å². The molecule has 5 aliphatic rings. The van der Waals surface area contributed by atoms with Gasteiger partial charge in [0.1, 0.15) is 0 Å². The molecular weight excluding hydrogens is 951 g/mol. The van der Waals surface area contributed by atoms with Gasteiger partial charge in [-0.2, -0.15) is 0 Å². The molecule has 4 fully saturated rings. The summed E-state index contributed by atoms with van der Waals surface area (Å²) in [5, 5.41) is 0. The lowest BCUT2D eigenvalue weighted by atomic mass is 9.70. The Morgan fingerprint density at radius 1 is 0.405 bits per heavy atom. The molecule has 1 heteroatoms. The number of benzene rings is 6. The van der Waals surface area contributed by atoms with Gasteiger partial charge in [-0.3, -0.25) is 0 Å². The van der Waals surface area contributed by atoms with E-state index in [4.69, 9.17) is 0 Å². The Morgan fingerprint density at radius 2 is 0.861 bits per heavy atom. The molecule has 6 aromatic carbocycles. The van der Waals surface area contributed by atoms with Crippen molar-refractivity contribution in [3.8, 4) is 22.3 Å². The summed E-state index contributed by atoms with van der Waals surface area (Å²) >= 11 is 0. The Balaban J connectivity index is 1.02. The summed E-state index contributed by atoms with van der Waals surface area (Å²) in [7, 11) is 0. The molecule has 0 amide bonds. The molecule has 1 atom stereocenters. The molecule has 0 bridgehead atoms. The van der Waals surface area contributed by atoms with Crippen molar-refractivity contribution in [2.24, 2.45) is 17.8 Å². The van der Waals surface area contributed by atoms with Crippen molar-refractivity contribution in [3.63, 3.8) is 0 Å². The first kappa shape index (κ1) is 56.0. The second-order valence-electron chi connectivity index (χ2n) is 27.6. The van der Waals surface area contributed by atoms with Crippen LogP contribution in [-0.2, 0) is 10.8 Å². The average molecular weight is 1050 g/mol. The fourth-order valence-electron chi connectivity index (χ4n) is 16.7. The monoisotopic (exact) mass is 1050 g/mol. The molecule has 5 aliphatic carbocycles. The van der Waals surface area contributed by atoms with E-state index in [1.165, 1.54) is 234 Å². The second-order valence-corrected chi connectivity index (χ2v) is 27.6. The molecule has 4 saturated carbocycles. The van der Waals surface area contributed by atoms with Crippen LogP contribution in [0.4, 0.5) is 17.1 Å². The SMILES string of the molecule is CCC1CCCC(c2cc(-c3ccc(N(c4ccc(C5CCCCC5)cc4)c4ccc5c(c4)C(C)(c4ccc(C(C)(C)C)cc4)c4ccccc4-5)cc3)cc(C3CCCC(CC)CCC3)c2C2CCCC(CC)CCC2)CCC1. The fourth-order valence-corrected chi connectivity index (χ4v) is 16.7. The molecule has 1 nitrogen and oxygen atoms in total. The summed E-state index contributed by atoms with van der Waals surface area (Å²) in [6.07, 6.45) is 35.9. The van der Waals surface area contributed by atoms with Crippen LogP contribution in [0, 0.1) is 17.8 Å². The van der Waals surface area contributed by atoms with E-state index in [-0.39, 0.29) is 10.8 Å². The molecule has 79 heavy (non-hydrogen) atoms. The zero-order valence-electron chi connectivity index (χ0n) is 50.5. The molecule has 0 N–H and O–H groups in total. The van der Waals surface area contributed by atoms with Crippen molar-refractivity contribution >= 4 is 17.1 Å². The number of anilines is 3. The first-order chi connectivity index (χ1) is 38.5. The molecule has 6 aromatic rings. The van der Waals surface area contributed by atoms with Gasteiger partial charge in [0.2, 0.25) is 0 Å². The minimum Gasteiger partial charge on any atom is -0.310 e. The quantitative estimate of drug-likeness (QED) is 0.118. The van der Waals surface area contributed by atoms with E-state index in [9.17, 15) is 0 Å². The highest BCUT2D eigenvalue weighted by molar-refractivity contribution is 5.87. The minimum atomic E-state index is -0.295. The van der Waals surface area contributed by atoms with Crippen molar-refractivity contribution in [1.82, 2.24) is 0 Å². The van der Waals surface area contributed by atoms with Gasteiger partial charge in [0.05, 0.1) is 0 Å². The predicted molar refractivity (Wildman–Crippen MR) is 341 cm³/mol. The van der Waals surface area contributed by atoms with Crippen LogP contribution in [0.5, 0.6) is 0 Å². The third-order valence-corrected chi connectivity index (χ3v) is 21.8. The molecule has 0 spiro atoms. The average Bonchev–Trinajstić information content (AvgIpc) is 3.59. The maximum Gasteiger partial charge on any atom is 0.0465 e. The van der Waals surface area contributed by atoms with Crippen LogP contribution in [0.3, 0.4) is 0 Å². The van der Waals surface area contributed by atoms with Crippen LogP contribution in [-0.4, -0.2) is 0 Å². The molecule has 0 aromatic heterocycles. The van der Waals surface area contributed by atoms with E-state index in [0.717, 1.165) is 17.8 Å². The molecule has 418 valence electrons. The molecule has 1 unspecified atom stereocenters. The van der Waals surface area contributed by atoms with E-state index in [1.54, 1.807) is 11.1 Å². The van der Waals surface area contributed by atoms with Crippen molar-refractivity contribution < 1.29 is 0 Å². The lowest BCUT2D eigenvalue weighted by molar-refractivity contribution is 0.334. The molecule has 0 aliphatic heterocycles. The first-order valence-corrected chi connectivity index (χ1v) is 33.1. The highest BCUT2D eigenvalue weighted by Gasteiger charge is 2.41. The van der Waals surface area contributed by atoms with Crippen LogP contribution >= 0.6 is 0 Å². The number of hydrogen-bond donors (Lipinski definition) is 0. The van der Waals surface area contributed by atoms with Gasteiger partial charge in [-0.05, 0) is 208 Å². The summed E-state index contributed by atoms with van der Waals surface area (Å²) in [4.78, 5) is 2.58. The summed E-state index contributed by atoms with van der Waals surface area (Å²) in [5.74, 6) is 5.45. The third-order valence-electron chi connectivity index (χ3n) is 21.8. The lowest BCUT2D eigenvalue weighted by Gasteiger charge is -2.35. The zero-order chi connectivity index (χ0) is 54.5. The summed E-state index contributed by atoms with van der Waals surface area (Å²) in [6.45, 7) is 16.8. The second kappa shape index (κ2) is 25.1. The Morgan fingerprint density at radius 3 is 1.37 bits per heavy atom. The van der Waals surface area contributed by atoms with Crippen molar-refractivity contribution in [3.05, 3.63) is 172 Å². The van der Waals surface area contributed by atoms with Crippen molar-refractivity contribution in [2.45, 2.75) is 250 Å². The minimum absolute atomic E-state index is 0.0982. The molecule has 0 saturated heterocycles. The van der Waals surface area contributed by atoms with E-state index in [1.807, 2.05) is 5.56 Å². The van der Waals surface area contributed by atoms with Gasteiger partial charge in [-0.25, -0.2) is 0 Å². The van der Waals surface area contributed by atoms with Gasteiger partial charge in [0.25, 0.3) is 0 Å². The lowest BCUT2D eigenvalue weighted by Crippen LogP contribution is -2.23. The Kier molecular flexibility index (Phi) is 17.8. The van der Waals surface area contributed by atoms with Crippen molar-refractivity contribution in [1.29, 1.82) is 0 Å². The van der Waals surface area contributed by atoms with Gasteiger partial charge in [0, 0.05) is 22.5 Å². The Bertz CT molecular complexity index is 2840. The normalized spacial score (nSPS) is 25.4. The van der Waals surface area contributed by atoms with Crippen LogP contribution in [0.1, 0.15) is 284 Å². The smallest absolute Gasteiger partial charge is 0.0465 e. The summed E-state index contributed by atoms with van der Waals surface area (Å²) in [6, 6.07) is 51.6. The van der Waals surface area contributed by atoms with Crippen LogP contribution in [0.2, 0.25) is 0 Å². The molecule has 0 heterocycles. The summed E-state index contributed by atoms with van der Waals surface area (Å²) in [5.41, 5.74) is 21.6. The number of nitrogens with zero attached hydrogens (tertiary/aromatic N) is 1. The van der Waals surface area contributed by atoms with Crippen LogP contribution in [0.15, 0.2) is 127 Å². The van der Waals surface area contributed by atoms with E-state index >= 15 is 0 Å². The van der Waals surface area contributed by atoms with E-state index < -0.39 is 0 Å². The Hall–Kier alpha value is -4.88. The van der Waals surface area contributed by atoms with Crippen molar-refractivity contribution in [2.75, 3.05) is 4.90 Å². The molecular formula is C78H101N. The first-order valence-electron chi connectivity index (χ1n) is 33.1. The maximum absolute atomic E-state index is 2.80. The van der Waals surface area contributed by atoms with Crippen LogP contribution < -0.4 is 4.90 Å². The van der Waals surface area contributed by atoms with Gasteiger partial charge in [-0.1, -0.05) is 248 Å². The van der Waals surface area contributed by atoms with Gasteiger partial charge < -0.3 is 4.90 Å². The predicted octanol–water partition coefficient (Wildman–Crippen LogP) is 23.9. The highest BCUT2D eigenvalue weighted by Crippen LogP contribution is 2.55. The number of fused-ring (bicyclic) bond motifs is 3. The highest BCUT2D eigenvalue weighted by atomic mass is 15.1. The number of rotatable bonds is 12. The van der Waals surface area contributed by atoms with Gasteiger partial charge in [-0.15, -0.1) is 0 Å².